The average molecular weight is 296 g/mol. The Labute approximate surface area is 127 Å². The highest BCUT2D eigenvalue weighted by Crippen LogP contribution is 2.19. The number of para-hydroxylation sites is 3. The molecule has 1 aromatic heterocycles. The maximum Gasteiger partial charge on any atom is 0.339 e. The van der Waals surface area contributed by atoms with E-state index in [2.05, 4.69) is 9.55 Å². The number of carboxylic acids is 1. The van der Waals surface area contributed by atoms with Crippen molar-refractivity contribution < 1.29 is 14.6 Å². The Morgan fingerprint density at radius 2 is 1.91 bits per heavy atom. The van der Waals surface area contributed by atoms with Crippen LogP contribution in [0.2, 0.25) is 0 Å². The third kappa shape index (κ3) is 2.65. The number of imidazole rings is 1. The molecule has 1 N–H and O–H groups in total. The first-order valence-corrected chi connectivity index (χ1v) is 7.04. The van der Waals surface area contributed by atoms with Gasteiger partial charge in [0, 0.05) is 0 Å². The monoisotopic (exact) mass is 296 g/mol. The zero-order chi connectivity index (χ0) is 15.5. The molecule has 0 radical (unpaired) electrons. The largest absolute Gasteiger partial charge is 0.491 e. The molecule has 22 heavy (non-hydrogen) atoms. The van der Waals surface area contributed by atoms with Gasteiger partial charge in [0.05, 0.1) is 17.6 Å². The molecule has 0 aliphatic heterocycles. The minimum atomic E-state index is -0.986. The van der Waals surface area contributed by atoms with Crippen LogP contribution in [0.1, 0.15) is 16.2 Å². The molecular formula is C17H16N2O3. The molecule has 1 heterocycles. The molecule has 0 amide bonds. The number of fused-ring (bicyclic) bond motifs is 1. The fraction of sp³-hybridized carbons (Fsp3) is 0.176. The Balaban J connectivity index is 1.76. The van der Waals surface area contributed by atoms with Gasteiger partial charge in [-0.3, -0.25) is 0 Å². The van der Waals surface area contributed by atoms with Gasteiger partial charge in [-0.05, 0) is 31.2 Å². The summed E-state index contributed by atoms with van der Waals surface area (Å²) in [6, 6.07) is 14.6. The van der Waals surface area contributed by atoms with E-state index >= 15 is 0 Å². The zero-order valence-electron chi connectivity index (χ0n) is 12.2. The molecule has 3 aromatic rings. The van der Waals surface area contributed by atoms with Crippen LogP contribution >= 0.6 is 0 Å². The van der Waals surface area contributed by atoms with E-state index in [1.807, 2.05) is 31.2 Å². The molecule has 0 atom stereocenters. The van der Waals surface area contributed by atoms with Crippen LogP contribution in [0.15, 0.2) is 48.5 Å². The second kappa shape index (κ2) is 5.89. The summed E-state index contributed by atoms with van der Waals surface area (Å²) in [5, 5.41) is 9.14. The number of carboxylic acid groups (broad SMARTS) is 1. The smallest absolute Gasteiger partial charge is 0.339 e. The van der Waals surface area contributed by atoms with Crippen molar-refractivity contribution in [2.45, 2.75) is 13.5 Å². The van der Waals surface area contributed by atoms with Crippen LogP contribution < -0.4 is 4.74 Å². The first kappa shape index (κ1) is 14.1. The highest BCUT2D eigenvalue weighted by atomic mass is 16.5. The number of aromatic carboxylic acids is 1. The minimum absolute atomic E-state index is 0.176. The number of carbonyl (C=O) groups is 1. The minimum Gasteiger partial charge on any atom is -0.491 e. The predicted molar refractivity (Wildman–Crippen MR) is 83.4 cm³/mol. The van der Waals surface area contributed by atoms with Gasteiger partial charge in [-0.2, -0.15) is 0 Å². The van der Waals surface area contributed by atoms with Crippen LogP contribution in [0.25, 0.3) is 11.0 Å². The Hall–Kier alpha value is -2.82. The van der Waals surface area contributed by atoms with Crippen molar-refractivity contribution in [3.8, 4) is 5.75 Å². The molecule has 0 unspecified atom stereocenters. The predicted octanol–water partition coefficient (Wildman–Crippen LogP) is 3.12. The summed E-state index contributed by atoms with van der Waals surface area (Å²) >= 11 is 0. The molecule has 5 nitrogen and oxygen atoms in total. The molecule has 0 saturated carbocycles. The van der Waals surface area contributed by atoms with Crippen molar-refractivity contribution in [3.63, 3.8) is 0 Å². The summed E-state index contributed by atoms with van der Waals surface area (Å²) in [5.74, 6) is 0.313. The summed E-state index contributed by atoms with van der Waals surface area (Å²) < 4.78 is 7.71. The van der Waals surface area contributed by atoms with Crippen LogP contribution in [0.5, 0.6) is 5.75 Å². The zero-order valence-corrected chi connectivity index (χ0v) is 12.2. The van der Waals surface area contributed by atoms with Crippen LogP contribution in [0, 0.1) is 6.92 Å². The molecule has 3 rings (SSSR count). The lowest BCUT2D eigenvalue weighted by Gasteiger charge is -2.11. The van der Waals surface area contributed by atoms with Crippen LogP contribution in [-0.4, -0.2) is 27.2 Å². The van der Waals surface area contributed by atoms with Crippen LogP contribution in [-0.2, 0) is 6.54 Å². The third-order valence-electron chi connectivity index (χ3n) is 3.54. The molecular weight excluding hydrogens is 280 g/mol. The first-order valence-electron chi connectivity index (χ1n) is 7.04. The maximum atomic E-state index is 11.1. The Bertz CT molecular complexity index is 824. The molecule has 112 valence electrons. The quantitative estimate of drug-likeness (QED) is 0.785. The van der Waals surface area contributed by atoms with Crippen molar-refractivity contribution >= 4 is 17.0 Å². The van der Waals surface area contributed by atoms with Crippen molar-refractivity contribution in [1.29, 1.82) is 0 Å². The molecule has 0 spiro atoms. The van der Waals surface area contributed by atoms with E-state index in [4.69, 9.17) is 9.84 Å². The summed E-state index contributed by atoms with van der Waals surface area (Å²) in [4.78, 5) is 15.6. The first-order chi connectivity index (χ1) is 10.7. The fourth-order valence-electron chi connectivity index (χ4n) is 2.49. The molecule has 0 aliphatic carbocycles. The second-order valence-corrected chi connectivity index (χ2v) is 4.95. The van der Waals surface area contributed by atoms with Gasteiger partial charge in [0.2, 0.25) is 0 Å². The number of aryl methyl sites for hydroxylation is 1. The molecule has 2 aromatic carbocycles. The third-order valence-corrected chi connectivity index (χ3v) is 3.54. The molecule has 5 heteroatoms. The van der Waals surface area contributed by atoms with E-state index in [0.29, 0.717) is 18.9 Å². The van der Waals surface area contributed by atoms with E-state index < -0.39 is 5.97 Å². The van der Waals surface area contributed by atoms with Gasteiger partial charge in [0.15, 0.2) is 0 Å². The topological polar surface area (TPSA) is 64.4 Å². The van der Waals surface area contributed by atoms with Crippen molar-refractivity contribution in [3.05, 3.63) is 59.9 Å². The fourth-order valence-corrected chi connectivity index (χ4v) is 2.49. The maximum absolute atomic E-state index is 11.1. The number of aromatic nitrogens is 2. The van der Waals surface area contributed by atoms with E-state index in [1.165, 1.54) is 6.07 Å². The van der Waals surface area contributed by atoms with E-state index in [0.717, 1.165) is 16.9 Å². The Morgan fingerprint density at radius 3 is 2.73 bits per heavy atom. The lowest BCUT2D eigenvalue weighted by Crippen LogP contribution is -2.11. The van der Waals surface area contributed by atoms with Gasteiger partial charge in [-0.15, -0.1) is 0 Å². The van der Waals surface area contributed by atoms with Gasteiger partial charge in [-0.1, -0.05) is 24.3 Å². The van der Waals surface area contributed by atoms with E-state index in [1.54, 1.807) is 18.2 Å². The molecule has 0 aliphatic rings. The highest BCUT2D eigenvalue weighted by molar-refractivity contribution is 5.90. The second-order valence-electron chi connectivity index (χ2n) is 4.95. The van der Waals surface area contributed by atoms with Crippen molar-refractivity contribution in [2.75, 3.05) is 6.61 Å². The van der Waals surface area contributed by atoms with Gasteiger partial charge >= 0.3 is 5.97 Å². The molecule has 0 fully saturated rings. The van der Waals surface area contributed by atoms with Crippen molar-refractivity contribution in [1.82, 2.24) is 9.55 Å². The van der Waals surface area contributed by atoms with E-state index in [9.17, 15) is 4.79 Å². The summed E-state index contributed by atoms with van der Waals surface area (Å²) in [7, 11) is 0. The molecule has 0 bridgehead atoms. The average Bonchev–Trinajstić information content (AvgIpc) is 2.83. The Morgan fingerprint density at radius 1 is 1.18 bits per heavy atom. The number of hydrogen-bond donors (Lipinski definition) is 1. The Kier molecular flexibility index (Phi) is 3.78. The number of nitrogens with zero attached hydrogens (tertiary/aromatic N) is 2. The van der Waals surface area contributed by atoms with Crippen LogP contribution in [0.3, 0.4) is 0 Å². The van der Waals surface area contributed by atoms with Gasteiger partial charge in [-0.25, -0.2) is 9.78 Å². The summed E-state index contributed by atoms with van der Waals surface area (Å²) in [6.07, 6.45) is 0. The van der Waals surface area contributed by atoms with E-state index in [-0.39, 0.29) is 5.56 Å². The molecule has 0 saturated heterocycles. The van der Waals surface area contributed by atoms with Gasteiger partial charge < -0.3 is 14.4 Å². The van der Waals surface area contributed by atoms with Gasteiger partial charge in [0.25, 0.3) is 0 Å². The van der Waals surface area contributed by atoms with Crippen LogP contribution in [0.4, 0.5) is 0 Å². The number of rotatable bonds is 5. The highest BCUT2D eigenvalue weighted by Gasteiger charge is 2.11. The lowest BCUT2D eigenvalue weighted by atomic mass is 10.2. The summed E-state index contributed by atoms with van der Waals surface area (Å²) in [6.45, 7) is 2.94. The van der Waals surface area contributed by atoms with Gasteiger partial charge in [0.1, 0.15) is 23.7 Å². The summed E-state index contributed by atoms with van der Waals surface area (Å²) in [5.41, 5.74) is 2.18. The SMILES string of the molecule is Cc1nc2ccccc2n1CCOc1ccccc1C(=O)O. The van der Waals surface area contributed by atoms with Crippen molar-refractivity contribution in [2.24, 2.45) is 0 Å². The standard InChI is InChI=1S/C17H16N2O3/c1-12-18-14-7-3-4-8-15(14)19(12)10-11-22-16-9-5-2-6-13(16)17(20)21/h2-9H,10-11H2,1H3,(H,20,21). The lowest BCUT2D eigenvalue weighted by molar-refractivity contribution is 0.0692. The number of benzene rings is 2. The normalized spacial score (nSPS) is 10.8. The number of ether oxygens (including phenoxy) is 1. The number of hydrogen-bond acceptors (Lipinski definition) is 3.